The molecule has 0 bridgehead atoms. The molecule has 2 atom stereocenters. The number of rotatable bonds is 16. The normalized spacial score (nSPS) is 15.5. The van der Waals surface area contributed by atoms with Crippen molar-refractivity contribution in [3.63, 3.8) is 0 Å². The van der Waals surface area contributed by atoms with Crippen molar-refractivity contribution in [1.29, 1.82) is 0 Å². The molecule has 0 heterocycles. The number of Topliss-reactive ketones (excluding diaryl/α,β-unsaturated/α-hetero) is 2. The number of unbranched alkanes of at least 4 members (excludes halogenated alkanes) is 2. The lowest BCUT2D eigenvalue weighted by atomic mass is 9.82. The average Bonchev–Trinajstić information content (AvgIpc) is 2.67. The molecule has 0 aromatic rings. The Hall–Kier alpha value is -0.820. The van der Waals surface area contributed by atoms with Gasteiger partial charge in [-0.1, -0.05) is 33.6 Å². The molecule has 0 aliphatic carbocycles. The minimum atomic E-state index is -0.818. The Labute approximate surface area is 230 Å². The Morgan fingerprint density at radius 2 is 0.892 bits per heavy atom. The molecule has 0 amide bonds. The van der Waals surface area contributed by atoms with Crippen molar-refractivity contribution in [3.05, 3.63) is 0 Å². The zero-order chi connectivity index (χ0) is 29.3. The third-order valence-electron chi connectivity index (χ3n) is 6.28. The SMILES string of the molecule is CC(C)(C)NCCCCC(NC(C)(C)C(=O)C(CCCCNC(C)(C)C)NC(C)(C)C)C(=O)C(C)(C)C. The molecule has 0 aromatic heterocycles. The average molecular weight is 525 g/mol. The first-order valence-electron chi connectivity index (χ1n) is 14.6. The molecule has 0 radical (unpaired) electrons. The largest absolute Gasteiger partial charge is 0.312 e. The van der Waals surface area contributed by atoms with Crippen molar-refractivity contribution in [3.8, 4) is 0 Å². The highest BCUT2D eigenvalue weighted by molar-refractivity contribution is 5.94. The number of ketones is 2. The lowest BCUT2D eigenvalue weighted by Gasteiger charge is -2.37. The second-order valence-corrected chi connectivity index (χ2v) is 15.6. The van der Waals surface area contributed by atoms with Crippen molar-refractivity contribution in [2.24, 2.45) is 5.41 Å². The maximum atomic E-state index is 13.9. The Bertz CT molecular complexity index is 688. The molecule has 6 nitrogen and oxygen atoms in total. The summed E-state index contributed by atoms with van der Waals surface area (Å²) in [6, 6.07) is -0.613. The molecule has 0 aromatic carbocycles. The van der Waals surface area contributed by atoms with E-state index in [0.717, 1.165) is 51.6 Å². The maximum Gasteiger partial charge on any atom is 0.169 e. The van der Waals surface area contributed by atoms with Gasteiger partial charge in [-0.15, -0.1) is 0 Å². The molecule has 0 fully saturated rings. The van der Waals surface area contributed by atoms with Crippen LogP contribution < -0.4 is 21.3 Å². The summed E-state index contributed by atoms with van der Waals surface area (Å²) in [5.74, 6) is 0.304. The van der Waals surface area contributed by atoms with E-state index in [2.05, 4.69) is 83.6 Å². The van der Waals surface area contributed by atoms with E-state index >= 15 is 0 Å². The second-order valence-electron chi connectivity index (χ2n) is 15.6. The summed E-state index contributed by atoms with van der Waals surface area (Å²) in [7, 11) is 0. The van der Waals surface area contributed by atoms with Crippen molar-refractivity contribution in [2.75, 3.05) is 13.1 Å². The predicted octanol–water partition coefficient (Wildman–Crippen LogP) is 5.78. The number of carbonyl (C=O) groups excluding carboxylic acids is 2. The first-order valence-corrected chi connectivity index (χ1v) is 14.6. The summed E-state index contributed by atoms with van der Waals surface area (Å²) < 4.78 is 0. The van der Waals surface area contributed by atoms with Crippen LogP contribution in [-0.4, -0.2) is 58.9 Å². The molecule has 6 heteroatoms. The molecule has 0 saturated heterocycles. The number of nitrogens with one attached hydrogen (secondary N) is 4. The van der Waals surface area contributed by atoms with Crippen LogP contribution in [0, 0.1) is 5.41 Å². The molecule has 0 aliphatic rings. The van der Waals surface area contributed by atoms with Gasteiger partial charge in [0, 0.05) is 22.0 Å². The minimum absolute atomic E-state index is 0.0885. The van der Waals surface area contributed by atoms with Crippen molar-refractivity contribution >= 4 is 11.6 Å². The van der Waals surface area contributed by atoms with E-state index in [0.29, 0.717) is 0 Å². The first-order chi connectivity index (χ1) is 16.4. The van der Waals surface area contributed by atoms with Crippen LogP contribution in [-0.2, 0) is 9.59 Å². The summed E-state index contributed by atoms with van der Waals surface area (Å²) in [4.78, 5) is 27.3. The topological polar surface area (TPSA) is 82.3 Å². The van der Waals surface area contributed by atoms with Crippen molar-refractivity contribution in [1.82, 2.24) is 21.3 Å². The minimum Gasteiger partial charge on any atom is -0.312 e. The highest BCUT2D eigenvalue weighted by Crippen LogP contribution is 2.23. The highest BCUT2D eigenvalue weighted by Gasteiger charge is 2.39. The molecule has 0 rings (SSSR count). The van der Waals surface area contributed by atoms with Gasteiger partial charge in [0.25, 0.3) is 0 Å². The van der Waals surface area contributed by atoms with E-state index < -0.39 is 11.0 Å². The molecule has 4 N–H and O–H groups in total. The van der Waals surface area contributed by atoms with Crippen LogP contribution in [0.3, 0.4) is 0 Å². The van der Waals surface area contributed by atoms with Crippen LogP contribution in [0.1, 0.15) is 135 Å². The van der Waals surface area contributed by atoms with Crippen LogP contribution >= 0.6 is 0 Å². The highest BCUT2D eigenvalue weighted by atomic mass is 16.1. The van der Waals surface area contributed by atoms with E-state index in [4.69, 9.17) is 0 Å². The lowest BCUT2D eigenvalue weighted by Crippen LogP contribution is -2.61. The third kappa shape index (κ3) is 17.4. The number of carbonyl (C=O) groups is 2. The third-order valence-corrected chi connectivity index (χ3v) is 6.28. The van der Waals surface area contributed by atoms with Gasteiger partial charge < -0.3 is 16.0 Å². The first kappa shape index (κ1) is 36.2. The van der Waals surface area contributed by atoms with E-state index in [1.165, 1.54) is 0 Å². The quantitative estimate of drug-likeness (QED) is 0.192. The van der Waals surface area contributed by atoms with Crippen LogP contribution in [0.2, 0.25) is 0 Å². The molecule has 220 valence electrons. The Balaban J connectivity index is 5.43. The fraction of sp³-hybridized carbons (Fsp3) is 0.935. The predicted molar refractivity (Wildman–Crippen MR) is 160 cm³/mol. The summed E-state index contributed by atoms with van der Waals surface area (Å²) in [5, 5.41) is 14.2. The standard InChI is InChI=1S/C31H64N4O2/c1-27(2,3)25(36)23(19-15-17-21-32-28(4,5)6)35-31(13,14)26(37)24(34-30(10,11)12)20-16-18-22-33-29(7,8)9/h23-24,32-35H,15-22H2,1-14H3. The fourth-order valence-electron chi connectivity index (χ4n) is 4.40. The number of hydrogen-bond donors (Lipinski definition) is 4. The monoisotopic (exact) mass is 525 g/mol. The zero-order valence-electron chi connectivity index (χ0n) is 27.1. The molecular formula is C31H64N4O2. The van der Waals surface area contributed by atoms with Gasteiger partial charge in [-0.25, -0.2) is 0 Å². The van der Waals surface area contributed by atoms with E-state index in [1.54, 1.807) is 0 Å². The Kier molecular flexibility index (Phi) is 14.2. The summed E-state index contributed by atoms with van der Waals surface area (Å²) in [6.07, 6.45) is 5.42. The van der Waals surface area contributed by atoms with Gasteiger partial charge in [-0.05, 0) is 115 Å². The molecule has 0 saturated carbocycles. The Morgan fingerprint density at radius 1 is 0.514 bits per heavy atom. The van der Waals surface area contributed by atoms with Gasteiger partial charge in [0.05, 0.1) is 17.6 Å². The smallest absolute Gasteiger partial charge is 0.169 e. The zero-order valence-corrected chi connectivity index (χ0v) is 27.1. The van der Waals surface area contributed by atoms with Gasteiger partial charge in [-0.2, -0.15) is 0 Å². The van der Waals surface area contributed by atoms with Crippen LogP contribution in [0.4, 0.5) is 0 Å². The second kappa shape index (κ2) is 14.5. The number of hydrogen-bond acceptors (Lipinski definition) is 6. The van der Waals surface area contributed by atoms with Crippen molar-refractivity contribution < 1.29 is 9.59 Å². The molecular weight excluding hydrogens is 460 g/mol. The van der Waals surface area contributed by atoms with Gasteiger partial charge in [0.2, 0.25) is 0 Å². The molecule has 0 spiro atoms. The summed E-state index contributed by atoms with van der Waals surface area (Å²) in [6.45, 7) is 31.0. The summed E-state index contributed by atoms with van der Waals surface area (Å²) >= 11 is 0. The fourth-order valence-corrected chi connectivity index (χ4v) is 4.40. The molecule has 0 aliphatic heterocycles. The van der Waals surface area contributed by atoms with Gasteiger partial charge in [0.15, 0.2) is 11.6 Å². The maximum absolute atomic E-state index is 13.9. The molecule has 37 heavy (non-hydrogen) atoms. The van der Waals surface area contributed by atoms with E-state index in [-0.39, 0.29) is 40.3 Å². The van der Waals surface area contributed by atoms with Crippen LogP contribution in [0.25, 0.3) is 0 Å². The van der Waals surface area contributed by atoms with Crippen molar-refractivity contribution in [2.45, 2.75) is 170 Å². The van der Waals surface area contributed by atoms with Crippen LogP contribution in [0.5, 0.6) is 0 Å². The Morgan fingerprint density at radius 3 is 1.22 bits per heavy atom. The molecule has 2 unspecified atom stereocenters. The van der Waals surface area contributed by atoms with Gasteiger partial charge in [0.1, 0.15) is 0 Å². The van der Waals surface area contributed by atoms with Crippen LogP contribution in [0.15, 0.2) is 0 Å². The summed E-state index contributed by atoms with van der Waals surface area (Å²) in [5.41, 5.74) is -1.28. The lowest BCUT2D eigenvalue weighted by molar-refractivity contribution is -0.131. The van der Waals surface area contributed by atoms with E-state index in [9.17, 15) is 9.59 Å². The van der Waals surface area contributed by atoms with E-state index in [1.807, 2.05) is 34.6 Å². The van der Waals surface area contributed by atoms with Gasteiger partial charge >= 0.3 is 0 Å². The van der Waals surface area contributed by atoms with Gasteiger partial charge in [-0.3, -0.25) is 14.9 Å².